The number of carboxylic acids is 1. The topological polar surface area (TPSA) is 89.7 Å². The molecule has 1 N–H and O–H groups in total. The summed E-state index contributed by atoms with van der Waals surface area (Å²) in [7, 11) is 0. The zero-order valence-electron chi connectivity index (χ0n) is 10.6. The first-order valence-electron chi connectivity index (χ1n) is 5.75. The Bertz CT molecular complexity index is 649. The van der Waals surface area contributed by atoms with Gasteiger partial charge in [0, 0.05) is 6.07 Å². The lowest BCUT2D eigenvalue weighted by atomic mass is 10.1. The molecule has 0 aliphatic heterocycles. The molecule has 0 saturated heterocycles. The number of aromatic carboxylic acids is 1. The summed E-state index contributed by atoms with van der Waals surface area (Å²) in [6, 6.07) is 10.7. The maximum atomic E-state index is 11.2. The zero-order valence-corrected chi connectivity index (χ0v) is 10.6. The van der Waals surface area contributed by atoms with Gasteiger partial charge in [0.2, 0.25) is 5.75 Å². The van der Waals surface area contributed by atoms with Crippen molar-refractivity contribution in [2.75, 3.05) is 0 Å². The second kappa shape index (κ2) is 5.40. The van der Waals surface area contributed by atoms with E-state index in [1.165, 1.54) is 18.2 Å². The van der Waals surface area contributed by atoms with Gasteiger partial charge in [0.1, 0.15) is 11.3 Å². The number of carboxylic acid groups (broad SMARTS) is 1. The Balaban J connectivity index is 2.57. The van der Waals surface area contributed by atoms with Crippen LogP contribution in [-0.2, 0) is 0 Å². The number of aryl methyl sites for hydroxylation is 1. The number of benzene rings is 2. The lowest BCUT2D eigenvalue weighted by Crippen LogP contribution is -2.03. The normalized spacial score (nSPS) is 10.1. The van der Waals surface area contributed by atoms with Crippen LogP contribution in [0.5, 0.6) is 11.5 Å². The van der Waals surface area contributed by atoms with Crippen molar-refractivity contribution in [3.63, 3.8) is 0 Å². The van der Waals surface area contributed by atoms with Gasteiger partial charge in [-0.1, -0.05) is 24.3 Å². The Labute approximate surface area is 114 Å². The van der Waals surface area contributed by atoms with Crippen molar-refractivity contribution in [1.29, 1.82) is 0 Å². The Hall–Kier alpha value is -2.89. The molecule has 0 aromatic heterocycles. The number of rotatable bonds is 4. The third-order valence-electron chi connectivity index (χ3n) is 2.73. The Morgan fingerprint density at radius 2 is 1.90 bits per heavy atom. The molecule has 0 aliphatic rings. The highest BCUT2D eigenvalue weighted by atomic mass is 16.6. The fourth-order valence-electron chi connectivity index (χ4n) is 1.73. The molecule has 6 nitrogen and oxygen atoms in total. The second-order valence-electron chi connectivity index (χ2n) is 4.08. The van der Waals surface area contributed by atoms with E-state index in [1.807, 2.05) is 0 Å². The molecule has 2 aromatic rings. The van der Waals surface area contributed by atoms with Gasteiger partial charge in [0.15, 0.2) is 0 Å². The van der Waals surface area contributed by atoms with Gasteiger partial charge in [0.25, 0.3) is 0 Å². The number of nitro benzene ring substituents is 1. The van der Waals surface area contributed by atoms with E-state index in [9.17, 15) is 14.9 Å². The first kappa shape index (κ1) is 13.5. The molecule has 0 spiro atoms. The summed E-state index contributed by atoms with van der Waals surface area (Å²) in [4.78, 5) is 21.5. The second-order valence-corrected chi connectivity index (χ2v) is 4.08. The summed E-state index contributed by atoms with van der Waals surface area (Å²) < 4.78 is 5.47. The molecule has 0 radical (unpaired) electrons. The van der Waals surface area contributed by atoms with Gasteiger partial charge in [0.05, 0.1) is 4.92 Å². The van der Waals surface area contributed by atoms with Crippen LogP contribution in [0.1, 0.15) is 15.9 Å². The minimum Gasteiger partial charge on any atom is -0.478 e. The first-order valence-corrected chi connectivity index (χ1v) is 5.75. The molecule has 6 heteroatoms. The van der Waals surface area contributed by atoms with Crippen LogP contribution >= 0.6 is 0 Å². The maximum absolute atomic E-state index is 11.2. The zero-order chi connectivity index (χ0) is 14.7. The van der Waals surface area contributed by atoms with E-state index < -0.39 is 10.9 Å². The summed E-state index contributed by atoms with van der Waals surface area (Å²) >= 11 is 0. The van der Waals surface area contributed by atoms with E-state index in [0.29, 0.717) is 5.75 Å². The van der Waals surface area contributed by atoms with Gasteiger partial charge in [-0.2, -0.15) is 0 Å². The number of hydrogen-bond acceptors (Lipinski definition) is 4. The molecule has 20 heavy (non-hydrogen) atoms. The van der Waals surface area contributed by atoms with Gasteiger partial charge in [-0.25, -0.2) is 4.79 Å². The lowest BCUT2D eigenvalue weighted by Gasteiger charge is -2.10. The highest BCUT2D eigenvalue weighted by molar-refractivity contribution is 5.92. The van der Waals surface area contributed by atoms with Gasteiger partial charge >= 0.3 is 11.7 Å². The van der Waals surface area contributed by atoms with Crippen molar-refractivity contribution in [3.8, 4) is 11.5 Å². The minimum atomic E-state index is -1.28. The van der Waals surface area contributed by atoms with Crippen molar-refractivity contribution in [2.45, 2.75) is 6.92 Å². The number of para-hydroxylation sites is 2. The molecule has 102 valence electrons. The van der Waals surface area contributed by atoms with E-state index in [2.05, 4.69) is 0 Å². The monoisotopic (exact) mass is 273 g/mol. The average molecular weight is 273 g/mol. The van der Waals surface area contributed by atoms with Crippen LogP contribution in [0.15, 0.2) is 42.5 Å². The predicted octanol–water partition coefficient (Wildman–Crippen LogP) is 3.39. The van der Waals surface area contributed by atoms with Gasteiger partial charge in [-0.3, -0.25) is 10.1 Å². The number of ether oxygens (including phenoxy) is 1. The largest absolute Gasteiger partial charge is 0.478 e. The van der Waals surface area contributed by atoms with Crippen LogP contribution in [0.25, 0.3) is 0 Å². The van der Waals surface area contributed by atoms with Gasteiger partial charge in [-0.05, 0) is 24.6 Å². The van der Waals surface area contributed by atoms with Crippen LogP contribution < -0.4 is 4.74 Å². The van der Waals surface area contributed by atoms with E-state index in [1.54, 1.807) is 31.2 Å². The van der Waals surface area contributed by atoms with E-state index in [4.69, 9.17) is 9.84 Å². The smallest absolute Gasteiger partial charge is 0.339 e. The fraction of sp³-hybridized carbons (Fsp3) is 0.0714. The highest BCUT2D eigenvalue weighted by Gasteiger charge is 2.23. The molecular formula is C14H11NO5. The van der Waals surface area contributed by atoms with E-state index >= 15 is 0 Å². The summed E-state index contributed by atoms with van der Waals surface area (Å²) in [5, 5.41) is 20.1. The summed E-state index contributed by atoms with van der Waals surface area (Å²) in [6.07, 6.45) is 0. The van der Waals surface area contributed by atoms with E-state index in [-0.39, 0.29) is 17.0 Å². The standard InChI is InChI=1S/C14H11NO5/c1-9-5-2-3-8-12(9)20-13-10(14(16)17)6-4-7-11(13)15(18)19/h2-8H,1H3,(H,16,17). The Morgan fingerprint density at radius 1 is 1.20 bits per heavy atom. The van der Waals surface area contributed by atoms with Crippen LogP contribution in [0, 0.1) is 17.0 Å². The summed E-state index contributed by atoms with van der Waals surface area (Å²) in [5.74, 6) is -1.17. The molecular weight excluding hydrogens is 262 g/mol. The molecule has 0 atom stereocenters. The summed E-state index contributed by atoms with van der Waals surface area (Å²) in [6.45, 7) is 1.77. The quantitative estimate of drug-likeness (QED) is 0.681. The van der Waals surface area contributed by atoms with Gasteiger partial charge in [-0.15, -0.1) is 0 Å². The number of hydrogen-bond donors (Lipinski definition) is 1. The van der Waals surface area contributed by atoms with Gasteiger partial charge < -0.3 is 9.84 Å². The van der Waals surface area contributed by atoms with Crippen molar-refractivity contribution in [1.82, 2.24) is 0 Å². The van der Waals surface area contributed by atoms with E-state index in [0.717, 1.165) is 5.56 Å². The average Bonchev–Trinajstić information content (AvgIpc) is 2.41. The molecule has 0 saturated carbocycles. The van der Waals surface area contributed by atoms with Crippen molar-refractivity contribution in [3.05, 3.63) is 63.7 Å². The fourth-order valence-corrected chi connectivity index (χ4v) is 1.73. The Morgan fingerprint density at radius 3 is 2.50 bits per heavy atom. The molecule has 2 rings (SSSR count). The molecule has 0 amide bonds. The van der Waals surface area contributed by atoms with Crippen molar-refractivity contribution in [2.24, 2.45) is 0 Å². The predicted molar refractivity (Wildman–Crippen MR) is 71.3 cm³/mol. The van der Waals surface area contributed by atoms with Crippen LogP contribution in [0.4, 0.5) is 5.69 Å². The van der Waals surface area contributed by atoms with Crippen LogP contribution in [-0.4, -0.2) is 16.0 Å². The van der Waals surface area contributed by atoms with Crippen molar-refractivity contribution >= 4 is 11.7 Å². The number of nitro groups is 1. The maximum Gasteiger partial charge on any atom is 0.339 e. The molecule has 0 heterocycles. The van der Waals surface area contributed by atoms with Crippen LogP contribution in [0.2, 0.25) is 0 Å². The molecule has 0 unspecified atom stereocenters. The molecule has 0 bridgehead atoms. The lowest BCUT2D eigenvalue weighted by molar-refractivity contribution is -0.385. The minimum absolute atomic E-state index is 0.248. The molecule has 0 aliphatic carbocycles. The highest BCUT2D eigenvalue weighted by Crippen LogP contribution is 2.35. The van der Waals surface area contributed by atoms with Crippen molar-refractivity contribution < 1.29 is 19.6 Å². The Kier molecular flexibility index (Phi) is 3.65. The third kappa shape index (κ3) is 2.59. The molecule has 2 aromatic carbocycles. The SMILES string of the molecule is Cc1ccccc1Oc1c(C(=O)O)cccc1[N+](=O)[O-]. The number of carbonyl (C=O) groups is 1. The van der Waals surface area contributed by atoms with Crippen LogP contribution in [0.3, 0.4) is 0 Å². The first-order chi connectivity index (χ1) is 9.50. The molecule has 0 fully saturated rings. The summed E-state index contributed by atoms with van der Waals surface area (Å²) in [5.41, 5.74) is 0.123. The third-order valence-corrected chi connectivity index (χ3v) is 2.73. The number of nitrogens with zero attached hydrogens (tertiary/aromatic N) is 1.